The normalized spacial score (nSPS) is 16.6. The van der Waals surface area contributed by atoms with Crippen LogP contribution < -0.4 is 10.1 Å². The van der Waals surface area contributed by atoms with Crippen molar-refractivity contribution in [2.45, 2.75) is 51.5 Å². The van der Waals surface area contributed by atoms with E-state index in [1.165, 1.54) is 32.1 Å². The predicted molar refractivity (Wildman–Crippen MR) is 87.7 cm³/mol. The maximum Gasteiger partial charge on any atom is 0.305 e. The molecule has 1 aliphatic rings. The molecule has 1 unspecified atom stereocenters. The number of carboxylic acid groups (broad SMARTS) is 1. The number of nitrogens with one attached hydrogen (secondary N) is 1. The van der Waals surface area contributed by atoms with Gasteiger partial charge < -0.3 is 15.2 Å². The largest absolute Gasteiger partial charge is 0.493 e. The molecule has 0 heterocycles. The molecule has 23 heavy (non-hydrogen) atoms. The van der Waals surface area contributed by atoms with E-state index in [-0.39, 0.29) is 12.3 Å². The highest BCUT2D eigenvalue weighted by atomic mass is 16.5. The van der Waals surface area contributed by atoms with Gasteiger partial charge in [-0.15, -0.1) is 0 Å². The number of benzene rings is 1. The second-order valence-corrected chi connectivity index (χ2v) is 6.31. The van der Waals surface area contributed by atoms with Gasteiger partial charge in [-0.3, -0.25) is 9.59 Å². The Morgan fingerprint density at radius 2 is 1.87 bits per heavy atom. The molecule has 0 spiro atoms. The summed E-state index contributed by atoms with van der Waals surface area (Å²) in [6.07, 6.45) is 6.31. The van der Waals surface area contributed by atoms with Crippen molar-refractivity contribution in [3.8, 4) is 5.75 Å². The number of aliphatic carboxylic acids is 1. The summed E-state index contributed by atoms with van der Waals surface area (Å²) >= 11 is 0. The second-order valence-electron chi connectivity index (χ2n) is 6.31. The molecule has 1 aromatic carbocycles. The highest BCUT2D eigenvalue weighted by molar-refractivity contribution is 5.94. The number of amides is 1. The van der Waals surface area contributed by atoms with Crippen LogP contribution in [0.1, 0.15) is 55.8 Å². The van der Waals surface area contributed by atoms with Gasteiger partial charge in [-0.1, -0.05) is 19.3 Å². The molecule has 2 rings (SSSR count). The molecule has 126 valence electrons. The smallest absolute Gasteiger partial charge is 0.305 e. The standard InChI is InChI=1S/C18H25NO4/c1-13(11-17(20)21)19-18(22)15-7-9-16(10-8-15)23-12-14-5-3-2-4-6-14/h7-10,13-14H,2-6,11-12H2,1H3,(H,19,22)(H,20,21). The Balaban J connectivity index is 1.81. The number of hydrogen-bond acceptors (Lipinski definition) is 3. The Bertz CT molecular complexity index is 520. The first-order chi connectivity index (χ1) is 11.0. The molecule has 1 aliphatic carbocycles. The lowest BCUT2D eigenvalue weighted by Crippen LogP contribution is -2.34. The summed E-state index contributed by atoms with van der Waals surface area (Å²) in [6, 6.07) is 6.60. The fourth-order valence-corrected chi connectivity index (χ4v) is 2.89. The minimum Gasteiger partial charge on any atom is -0.493 e. The maximum atomic E-state index is 12.0. The summed E-state index contributed by atoms with van der Waals surface area (Å²) in [6.45, 7) is 2.41. The number of carbonyl (C=O) groups is 2. The molecule has 1 atom stereocenters. The van der Waals surface area contributed by atoms with E-state index < -0.39 is 12.0 Å². The highest BCUT2D eigenvalue weighted by Gasteiger charge is 2.15. The molecular weight excluding hydrogens is 294 g/mol. The molecule has 2 N–H and O–H groups in total. The molecule has 0 bridgehead atoms. The lowest BCUT2D eigenvalue weighted by Gasteiger charge is -2.21. The van der Waals surface area contributed by atoms with Crippen LogP contribution >= 0.6 is 0 Å². The fraction of sp³-hybridized carbons (Fsp3) is 0.556. The number of carboxylic acids is 1. The van der Waals surface area contributed by atoms with Crippen LogP contribution in [0.5, 0.6) is 5.75 Å². The molecule has 0 saturated heterocycles. The summed E-state index contributed by atoms with van der Waals surface area (Å²) in [4.78, 5) is 22.6. The second kappa shape index (κ2) is 8.56. The summed E-state index contributed by atoms with van der Waals surface area (Å²) < 4.78 is 5.80. The molecule has 5 heteroatoms. The Morgan fingerprint density at radius 1 is 1.22 bits per heavy atom. The van der Waals surface area contributed by atoms with E-state index in [1.807, 2.05) is 0 Å². The van der Waals surface area contributed by atoms with Gasteiger partial charge in [0.2, 0.25) is 0 Å². The highest BCUT2D eigenvalue weighted by Crippen LogP contribution is 2.24. The lowest BCUT2D eigenvalue weighted by molar-refractivity contribution is -0.137. The van der Waals surface area contributed by atoms with E-state index in [0.717, 1.165) is 12.4 Å². The van der Waals surface area contributed by atoms with E-state index in [0.29, 0.717) is 11.5 Å². The Hall–Kier alpha value is -2.04. The fourth-order valence-electron chi connectivity index (χ4n) is 2.89. The van der Waals surface area contributed by atoms with Crippen molar-refractivity contribution >= 4 is 11.9 Å². The number of ether oxygens (including phenoxy) is 1. The number of carbonyl (C=O) groups excluding carboxylic acids is 1. The Labute approximate surface area is 137 Å². The molecule has 5 nitrogen and oxygen atoms in total. The van der Waals surface area contributed by atoms with Crippen LogP contribution in [0.2, 0.25) is 0 Å². The van der Waals surface area contributed by atoms with Gasteiger partial charge in [0.15, 0.2) is 0 Å². The maximum absolute atomic E-state index is 12.0. The Morgan fingerprint density at radius 3 is 2.48 bits per heavy atom. The van der Waals surface area contributed by atoms with Crippen LogP contribution in [0.3, 0.4) is 0 Å². The number of hydrogen-bond donors (Lipinski definition) is 2. The van der Waals surface area contributed by atoms with Crippen molar-refractivity contribution in [3.05, 3.63) is 29.8 Å². The van der Waals surface area contributed by atoms with E-state index in [1.54, 1.807) is 31.2 Å². The van der Waals surface area contributed by atoms with Gasteiger partial charge >= 0.3 is 5.97 Å². The van der Waals surface area contributed by atoms with Crippen molar-refractivity contribution in [2.24, 2.45) is 5.92 Å². The molecule has 1 fully saturated rings. The van der Waals surface area contributed by atoms with Gasteiger partial charge in [0.05, 0.1) is 13.0 Å². The third-order valence-electron chi connectivity index (χ3n) is 4.19. The molecule has 0 aromatic heterocycles. The molecule has 1 saturated carbocycles. The minimum absolute atomic E-state index is 0.0890. The average Bonchev–Trinajstić information content (AvgIpc) is 2.53. The SMILES string of the molecule is CC(CC(=O)O)NC(=O)c1ccc(OCC2CCCCC2)cc1. The van der Waals surface area contributed by atoms with Crippen molar-refractivity contribution in [3.63, 3.8) is 0 Å². The predicted octanol–water partition coefficient (Wildman–Crippen LogP) is 3.24. The van der Waals surface area contributed by atoms with Gasteiger partial charge in [0.25, 0.3) is 5.91 Å². The zero-order valence-corrected chi connectivity index (χ0v) is 13.6. The molecule has 1 amide bonds. The molecular formula is C18H25NO4. The van der Waals surface area contributed by atoms with Gasteiger partial charge in [0, 0.05) is 11.6 Å². The first-order valence-corrected chi connectivity index (χ1v) is 8.30. The first kappa shape index (κ1) is 17.3. The van der Waals surface area contributed by atoms with Gasteiger partial charge in [-0.05, 0) is 49.9 Å². The lowest BCUT2D eigenvalue weighted by atomic mass is 9.90. The van der Waals surface area contributed by atoms with Crippen LogP contribution in [0.15, 0.2) is 24.3 Å². The van der Waals surface area contributed by atoms with E-state index in [9.17, 15) is 9.59 Å². The summed E-state index contributed by atoms with van der Waals surface area (Å²) in [5, 5.41) is 11.4. The van der Waals surface area contributed by atoms with E-state index >= 15 is 0 Å². The topological polar surface area (TPSA) is 75.6 Å². The van der Waals surface area contributed by atoms with Crippen LogP contribution in [0.4, 0.5) is 0 Å². The van der Waals surface area contributed by atoms with Crippen LogP contribution in [0.25, 0.3) is 0 Å². The zero-order chi connectivity index (χ0) is 16.7. The summed E-state index contributed by atoms with van der Waals surface area (Å²) in [5.41, 5.74) is 0.507. The van der Waals surface area contributed by atoms with Gasteiger partial charge in [0.1, 0.15) is 5.75 Å². The first-order valence-electron chi connectivity index (χ1n) is 8.30. The van der Waals surface area contributed by atoms with Crippen molar-refractivity contribution < 1.29 is 19.4 Å². The van der Waals surface area contributed by atoms with E-state index in [4.69, 9.17) is 9.84 Å². The van der Waals surface area contributed by atoms with E-state index in [2.05, 4.69) is 5.32 Å². The van der Waals surface area contributed by atoms with Gasteiger partial charge in [-0.25, -0.2) is 0 Å². The summed E-state index contributed by atoms with van der Waals surface area (Å²) in [7, 11) is 0. The zero-order valence-electron chi connectivity index (χ0n) is 13.6. The van der Waals surface area contributed by atoms with Crippen molar-refractivity contribution in [1.82, 2.24) is 5.32 Å². The molecule has 0 radical (unpaired) electrons. The monoisotopic (exact) mass is 319 g/mol. The number of rotatable bonds is 7. The van der Waals surface area contributed by atoms with Crippen molar-refractivity contribution in [2.75, 3.05) is 6.61 Å². The molecule has 0 aliphatic heterocycles. The third kappa shape index (κ3) is 5.93. The van der Waals surface area contributed by atoms with Crippen LogP contribution in [-0.2, 0) is 4.79 Å². The minimum atomic E-state index is -0.927. The van der Waals surface area contributed by atoms with Gasteiger partial charge in [-0.2, -0.15) is 0 Å². The quantitative estimate of drug-likeness (QED) is 0.809. The molecule has 1 aromatic rings. The van der Waals surface area contributed by atoms with Crippen molar-refractivity contribution in [1.29, 1.82) is 0 Å². The summed E-state index contributed by atoms with van der Waals surface area (Å²) in [5.74, 6) is 0.219. The Kier molecular flexibility index (Phi) is 6.44. The average molecular weight is 319 g/mol. The third-order valence-corrected chi connectivity index (χ3v) is 4.19. The van der Waals surface area contributed by atoms with Crippen LogP contribution in [-0.4, -0.2) is 29.6 Å². The van der Waals surface area contributed by atoms with Crippen LogP contribution in [0, 0.1) is 5.92 Å².